The lowest BCUT2D eigenvalue weighted by atomic mass is 9.94. The molecule has 1 aliphatic rings. The van der Waals surface area contributed by atoms with Gasteiger partial charge in [0.15, 0.2) is 0 Å². The van der Waals surface area contributed by atoms with Gasteiger partial charge >= 0.3 is 0 Å². The number of carbonyl (C=O) groups excluding carboxylic acids is 2. The molecule has 0 radical (unpaired) electrons. The molecule has 3 aromatic rings. The lowest BCUT2D eigenvalue weighted by Gasteiger charge is -2.32. The molecule has 0 aliphatic carbocycles. The van der Waals surface area contributed by atoms with Crippen molar-refractivity contribution in [2.45, 2.75) is 25.8 Å². The normalized spacial score (nSPS) is 15.3. The Morgan fingerprint density at radius 1 is 0.806 bits per heavy atom. The van der Waals surface area contributed by atoms with Gasteiger partial charge in [-0.2, -0.15) is 0 Å². The van der Waals surface area contributed by atoms with Gasteiger partial charge in [0, 0.05) is 24.6 Å². The molecule has 3 aromatic carbocycles. The van der Waals surface area contributed by atoms with Gasteiger partial charge in [-0.3, -0.25) is 9.59 Å². The second kappa shape index (κ2) is 9.61. The first-order valence-electron chi connectivity index (χ1n) is 10.9. The standard InChI is InChI=1S/C27H28N2O2/c1-20(21-8-4-2-5-9-21)28-26(30)24-16-18-29(19-17-24)27(31)25-14-12-23(13-15-25)22-10-6-3-7-11-22/h2-15,20,24H,16-19H2,1H3,(H,28,30)/t20-/m1/s1. The summed E-state index contributed by atoms with van der Waals surface area (Å²) in [7, 11) is 0. The zero-order chi connectivity index (χ0) is 21.6. The van der Waals surface area contributed by atoms with E-state index in [2.05, 4.69) is 17.4 Å². The molecular weight excluding hydrogens is 384 g/mol. The van der Waals surface area contributed by atoms with Crippen LogP contribution in [-0.4, -0.2) is 29.8 Å². The molecule has 4 nitrogen and oxygen atoms in total. The molecule has 1 aliphatic heterocycles. The number of nitrogens with one attached hydrogen (secondary N) is 1. The van der Waals surface area contributed by atoms with Crippen molar-refractivity contribution in [2.24, 2.45) is 5.92 Å². The minimum atomic E-state index is -0.0457. The van der Waals surface area contributed by atoms with Crippen LogP contribution in [0.2, 0.25) is 0 Å². The maximum absolute atomic E-state index is 12.9. The molecule has 2 amide bonds. The lowest BCUT2D eigenvalue weighted by molar-refractivity contribution is -0.126. The maximum atomic E-state index is 12.9. The largest absolute Gasteiger partial charge is 0.349 e. The lowest BCUT2D eigenvalue weighted by Crippen LogP contribution is -2.43. The van der Waals surface area contributed by atoms with E-state index in [1.54, 1.807) is 0 Å². The molecule has 0 saturated carbocycles. The van der Waals surface area contributed by atoms with Crippen molar-refractivity contribution in [2.75, 3.05) is 13.1 Å². The van der Waals surface area contributed by atoms with Gasteiger partial charge in [0.1, 0.15) is 0 Å². The number of carbonyl (C=O) groups is 2. The van der Waals surface area contributed by atoms with Crippen LogP contribution in [0.15, 0.2) is 84.9 Å². The van der Waals surface area contributed by atoms with Gasteiger partial charge in [0.2, 0.25) is 5.91 Å². The summed E-state index contributed by atoms with van der Waals surface area (Å²) in [5.41, 5.74) is 4.03. The molecule has 4 rings (SSSR count). The average Bonchev–Trinajstić information content (AvgIpc) is 2.85. The molecular formula is C27H28N2O2. The minimum absolute atomic E-state index is 0.0171. The molecule has 1 heterocycles. The van der Waals surface area contributed by atoms with E-state index in [-0.39, 0.29) is 23.8 Å². The molecule has 31 heavy (non-hydrogen) atoms. The zero-order valence-electron chi connectivity index (χ0n) is 17.8. The Hall–Kier alpha value is -3.40. The molecule has 158 valence electrons. The monoisotopic (exact) mass is 412 g/mol. The number of hydrogen-bond donors (Lipinski definition) is 1. The zero-order valence-corrected chi connectivity index (χ0v) is 17.8. The predicted octanol–water partition coefficient (Wildman–Crippen LogP) is 5.08. The minimum Gasteiger partial charge on any atom is -0.349 e. The van der Waals surface area contributed by atoms with Crippen molar-refractivity contribution in [3.63, 3.8) is 0 Å². The Morgan fingerprint density at radius 2 is 1.35 bits per heavy atom. The summed E-state index contributed by atoms with van der Waals surface area (Å²) in [6.07, 6.45) is 1.39. The quantitative estimate of drug-likeness (QED) is 0.635. The predicted molar refractivity (Wildman–Crippen MR) is 124 cm³/mol. The Kier molecular flexibility index (Phi) is 6.46. The number of hydrogen-bond acceptors (Lipinski definition) is 2. The Morgan fingerprint density at radius 3 is 1.97 bits per heavy atom. The third kappa shape index (κ3) is 5.02. The van der Waals surface area contributed by atoms with Gasteiger partial charge in [-0.25, -0.2) is 0 Å². The SMILES string of the molecule is C[C@@H](NC(=O)C1CCN(C(=O)c2ccc(-c3ccccc3)cc2)CC1)c1ccccc1. The molecule has 0 aromatic heterocycles. The van der Waals surface area contributed by atoms with Crippen molar-refractivity contribution >= 4 is 11.8 Å². The highest BCUT2D eigenvalue weighted by Gasteiger charge is 2.28. The summed E-state index contributed by atoms with van der Waals surface area (Å²) in [6.45, 7) is 3.22. The molecule has 4 heteroatoms. The molecule has 1 fully saturated rings. The van der Waals surface area contributed by atoms with Crippen LogP contribution in [0.3, 0.4) is 0 Å². The van der Waals surface area contributed by atoms with E-state index < -0.39 is 0 Å². The van der Waals surface area contributed by atoms with E-state index in [0.717, 1.165) is 16.7 Å². The first kappa shape index (κ1) is 20.9. The molecule has 1 saturated heterocycles. The van der Waals surface area contributed by atoms with Gasteiger partial charge in [-0.1, -0.05) is 72.8 Å². The first-order valence-corrected chi connectivity index (χ1v) is 10.9. The van der Waals surface area contributed by atoms with Crippen molar-refractivity contribution < 1.29 is 9.59 Å². The number of piperidine rings is 1. The van der Waals surface area contributed by atoms with Crippen LogP contribution >= 0.6 is 0 Å². The van der Waals surface area contributed by atoms with Crippen LogP contribution in [0.25, 0.3) is 11.1 Å². The highest BCUT2D eigenvalue weighted by molar-refractivity contribution is 5.95. The molecule has 0 bridgehead atoms. The highest BCUT2D eigenvalue weighted by atomic mass is 16.2. The summed E-state index contributed by atoms with van der Waals surface area (Å²) in [6, 6.07) is 27.9. The third-order valence-electron chi connectivity index (χ3n) is 6.05. The maximum Gasteiger partial charge on any atom is 0.253 e. The van der Waals surface area contributed by atoms with Crippen molar-refractivity contribution in [3.05, 3.63) is 96.1 Å². The van der Waals surface area contributed by atoms with Crippen LogP contribution in [-0.2, 0) is 4.79 Å². The molecule has 1 atom stereocenters. The Balaban J connectivity index is 1.31. The van der Waals surface area contributed by atoms with Gasteiger partial charge in [0.25, 0.3) is 5.91 Å². The van der Waals surface area contributed by atoms with Gasteiger partial charge < -0.3 is 10.2 Å². The molecule has 0 unspecified atom stereocenters. The molecule has 0 spiro atoms. The Bertz CT molecular complexity index is 1010. The van der Waals surface area contributed by atoms with Crippen LogP contribution in [0.5, 0.6) is 0 Å². The average molecular weight is 413 g/mol. The summed E-state index contributed by atoms with van der Waals surface area (Å²) in [5, 5.41) is 3.12. The highest BCUT2D eigenvalue weighted by Crippen LogP contribution is 2.23. The second-order valence-corrected chi connectivity index (χ2v) is 8.15. The summed E-state index contributed by atoms with van der Waals surface area (Å²) in [4.78, 5) is 27.5. The van der Waals surface area contributed by atoms with Crippen LogP contribution in [0, 0.1) is 5.92 Å². The Labute approximate surface area is 183 Å². The third-order valence-corrected chi connectivity index (χ3v) is 6.05. The fraction of sp³-hybridized carbons (Fsp3) is 0.259. The number of nitrogens with zero attached hydrogens (tertiary/aromatic N) is 1. The van der Waals surface area contributed by atoms with E-state index in [1.165, 1.54) is 0 Å². The van der Waals surface area contributed by atoms with Crippen molar-refractivity contribution in [1.82, 2.24) is 10.2 Å². The first-order chi connectivity index (χ1) is 15.1. The van der Waals surface area contributed by atoms with Crippen LogP contribution in [0.1, 0.15) is 41.7 Å². The van der Waals surface area contributed by atoms with Crippen LogP contribution < -0.4 is 5.32 Å². The summed E-state index contributed by atoms with van der Waals surface area (Å²) < 4.78 is 0. The van der Waals surface area contributed by atoms with E-state index in [9.17, 15) is 9.59 Å². The molecule has 1 N–H and O–H groups in total. The fourth-order valence-electron chi connectivity index (χ4n) is 4.12. The number of benzene rings is 3. The second-order valence-electron chi connectivity index (χ2n) is 8.15. The summed E-state index contributed by atoms with van der Waals surface area (Å²) >= 11 is 0. The van der Waals surface area contributed by atoms with E-state index >= 15 is 0 Å². The van der Waals surface area contributed by atoms with E-state index in [1.807, 2.05) is 84.6 Å². The smallest absolute Gasteiger partial charge is 0.253 e. The fourth-order valence-corrected chi connectivity index (χ4v) is 4.12. The van der Waals surface area contributed by atoms with Crippen molar-refractivity contribution in [1.29, 1.82) is 0 Å². The number of amides is 2. The van der Waals surface area contributed by atoms with Gasteiger partial charge in [0.05, 0.1) is 6.04 Å². The van der Waals surface area contributed by atoms with E-state index in [0.29, 0.717) is 31.5 Å². The van der Waals surface area contributed by atoms with Gasteiger partial charge in [-0.15, -0.1) is 0 Å². The van der Waals surface area contributed by atoms with Gasteiger partial charge in [-0.05, 0) is 48.6 Å². The number of likely N-dealkylation sites (tertiary alicyclic amines) is 1. The number of rotatable bonds is 5. The topological polar surface area (TPSA) is 49.4 Å². The van der Waals surface area contributed by atoms with E-state index in [4.69, 9.17) is 0 Å². The van der Waals surface area contributed by atoms with Crippen LogP contribution in [0.4, 0.5) is 0 Å². The van der Waals surface area contributed by atoms with Crippen molar-refractivity contribution in [3.8, 4) is 11.1 Å². The summed E-state index contributed by atoms with van der Waals surface area (Å²) in [5.74, 6) is 0.0717.